The van der Waals surface area contributed by atoms with E-state index in [9.17, 15) is 13.2 Å². The van der Waals surface area contributed by atoms with Crippen molar-refractivity contribution < 1.29 is 13.2 Å². The molecule has 0 bridgehead atoms. The highest BCUT2D eigenvalue weighted by molar-refractivity contribution is 7.89. The number of amides is 1. The van der Waals surface area contributed by atoms with Crippen molar-refractivity contribution in [3.05, 3.63) is 29.8 Å². The molecule has 0 aliphatic carbocycles. The van der Waals surface area contributed by atoms with Crippen molar-refractivity contribution in [2.24, 2.45) is 11.8 Å². The van der Waals surface area contributed by atoms with Crippen LogP contribution in [0.3, 0.4) is 0 Å². The van der Waals surface area contributed by atoms with Gasteiger partial charge in [-0.1, -0.05) is 33.8 Å². The molecule has 0 saturated carbocycles. The summed E-state index contributed by atoms with van der Waals surface area (Å²) in [5.41, 5.74) is 0.383. The summed E-state index contributed by atoms with van der Waals surface area (Å²) in [5.74, 6) is 0.449. The second-order valence-corrected chi connectivity index (χ2v) is 9.52. The minimum absolute atomic E-state index is 0.195. The average molecular weight is 396 g/mol. The van der Waals surface area contributed by atoms with Crippen molar-refractivity contribution >= 4 is 15.9 Å². The number of piperidine rings is 1. The third-order valence-corrected chi connectivity index (χ3v) is 7.01. The molecule has 7 heteroatoms. The van der Waals surface area contributed by atoms with Crippen LogP contribution in [0.1, 0.15) is 44.5 Å². The van der Waals surface area contributed by atoms with Crippen LogP contribution < -0.4 is 5.32 Å². The van der Waals surface area contributed by atoms with Gasteiger partial charge < -0.3 is 10.2 Å². The number of hydrogen-bond acceptors (Lipinski definition) is 4. The second-order valence-electron chi connectivity index (χ2n) is 7.58. The van der Waals surface area contributed by atoms with Gasteiger partial charge in [0, 0.05) is 31.7 Å². The highest BCUT2D eigenvalue weighted by atomic mass is 32.2. The van der Waals surface area contributed by atoms with E-state index in [0.717, 1.165) is 26.1 Å². The normalized spacial score (nSPS) is 21.4. The lowest BCUT2D eigenvalue weighted by molar-refractivity contribution is 0.0948. The largest absolute Gasteiger partial charge is 0.351 e. The molecule has 0 aromatic heterocycles. The summed E-state index contributed by atoms with van der Waals surface area (Å²) in [4.78, 5) is 14.8. The number of benzene rings is 1. The molecular formula is C20H33N3O3S. The maximum atomic E-state index is 13.0. The maximum Gasteiger partial charge on any atom is 0.251 e. The summed E-state index contributed by atoms with van der Waals surface area (Å²) in [6, 6.07) is 6.37. The molecule has 1 fully saturated rings. The van der Waals surface area contributed by atoms with Crippen LogP contribution in [0.25, 0.3) is 0 Å². The topological polar surface area (TPSA) is 69.7 Å². The van der Waals surface area contributed by atoms with Crippen LogP contribution in [-0.4, -0.2) is 62.8 Å². The molecule has 1 aliphatic heterocycles. The van der Waals surface area contributed by atoms with Crippen LogP contribution in [0, 0.1) is 11.8 Å². The fraction of sp³-hybridized carbons (Fsp3) is 0.650. The summed E-state index contributed by atoms with van der Waals surface area (Å²) in [7, 11) is -3.58. The summed E-state index contributed by atoms with van der Waals surface area (Å²) in [6.07, 6.45) is 1.04. The van der Waals surface area contributed by atoms with Crippen molar-refractivity contribution in [1.82, 2.24) is 14.5 Å². The zero-order valence-corrected chi connectivity index (χ0v) is 17.8. The van der Waals surface area contributed by atoms with Crippen molar-refractivity contribution in [2.75, 3.05) is 39.3 Å². The Bertz CT molecular complexity index is 722. The van der Waals surface area contributed by atoms with E-state index >= 15 is 0 Å². The summed E-state index contributed by atoms with van der Waals surface area (Å²) in [5, 5.41) is 2.88. The second kappa shape index (κ2) is 9.66. The standard InChI is InChI=1S/C20H33N3O3S/c1-5-22(6-2)11-10-21-20(24)18-8-7-9-19(13-18)27(25,26)23-14-16(3)12-17(4)15-23/h7-9,13,16-17H,5-6,10-12,14-15H2,1-4H3,(H,21,24). The lowest BCUT2D eigenvalue weighted by Crippen LogP contribution is -2.42. The van der Waals surface area contributed by atoms with Gasteiger partial charge in [-0.3, -0.25) is 4.79 Å². The minimum Gasteiger partial charge on any atom is -0.351 e. The number of nitrogens with one attached hydrogen (secondary N) is 1. The van der Waals surface area contributed by atoms with Crippen LogP contribution >= 0.6 is 0 Å². The Morgan fingerprint density at radius 3 is 2.41 bits per heavy atom. The number of likely N-dealkylation sites (N-methyl/N-ethyl adjacent to an activating group) is 1. The van der Waals surface area contributed by atoms with Crippen molar-refractivity contribution in [3.8, 4) is 0 Å². The first-order valence-electron chi connectivity index (χ1n) is 9.88. The third-order valence-electron chi connectivity index (χ3n) is 5.18. The molecule has 0 radical (unpaired) electrons. The lowest BCUT2D eigenvalue weighted by atomic mass is 9.94. The Hall–Kier alpha value is -1.44. The number of hydrogen-bond donors (Lipinski definition) is 1. The number of nitrogens with zero attached hydrogens (tertiary/aromatic N) is 2. The predicted octanol–water partition coefficient (Wildman–Crippen LogP) is 2.42. The fourth-order valence-corrected chi connectivity index (χ4v) is 5.44. The van der Waals surface area contributed by atoms with Crippen LogP contribution in [0.2, 0.25) is 0 Å². The van der Waals surface area contributed by atoms with Crippen molar-refractivity contribution in [2.45, 2.75) is 39.0 Å². The zero-order chi connectivity index (χ0) is 20.0. The first-order valence-corrected chi connectivity index (χ1v) is 11.3. The summed E-state index contributed by atoms with van der Waals surface area (Å²) in [6.45, 7) is 12.6. The van der Waals surface area contributed by atoms with E-state index in [1.165, 1.54) is 6.07 Å². The Balaban J connectivity index is 2.08. The Morgan fingerprint density at radius 1 is 1.19 bits per heavy atom. The molecule has 1 N–H and O–H groups in total. The molecule has 1 heterocycles. The molecule has 27 heavy (non-hydrogen) atoms. The van der Waals surface area contributed by atoms with E-state index in [1.807, 2.05) is 0 Å². The van der Waals surface area contributed by atoms with E-state index in [4.69, 9.17) is 0 Å². The molecule has 1 aliphatic rings. The molecule has 1 aromatic carbocycles. The molecule has 152 valence electrons. The number of carbonyl (C=O) groups excluding carboxylic acids is 1. The highest BCUT2D eigenvalue weighted by Crippen LogP contribution is 2.26. The van der Waals surface area contributed by atoms with Gasteiger partial charge in [-0.2, -0.15) is 4.31 Å². The SMILES string of the molecule is CCN(CC)CCNC(=O)c1cccc(S(=O)(=O)N2CC(C)CC(C)C2)c1. The van der Waals surface area contributed by atoms with Gasteiger partial charge in [0.05, 0.1) is 4.90 Å². The van der Waals surface area contributed by atoms with Crippen LogP contribution in [0.5, 0.6) is 0 Å². The Morgan fingerprint density at radius 2 is 1.81 bits per heavy atom. The number of rotatable bonds is 8. The molecule has 2 unspecified atom stereocenters. The molecule has 1 aromatic rings. The van der Waals surface area contributed by atoms with Crippen LogP contribution in [-0.2, 0) is 10.0 Å². The van der Waals surface area contributed by atoms with Crippen LogP contribution in [0.15, 0.2) is 29.2 Å². The third kappa shape index (κ3) is 5.77. The van der Waals surface area contributed by atoms with Crippen molar-refractivity contribution in [1.29, 1.82) is 0 Å². The molecule has 2 rings (SSSR count). The number of carbonyl (C=O) groups is 1. The van der Waals surface area contributed by atoms with Gasteiger partial charge >= 0.3 is 0 Å². The van der Waals surface area contributed by atoms with E-state index in [1.54, 1.807) is 22.5 Å². The molecule has 0 spiro atoms. The zero-order valence-electron chi connectivity index (χ0n) is 16.9. The molecule has 1 amide bonds. The fourth-order valence-electron chi connectivity index (χ4n) is 3.72. The van der Waals surface area contributed by atoms with Crippen molar-refractivity contribution in [3.63, 3.8) is 0 Å². The first kappa shape index (κ1) is 21.9. The summed E-state index contributed by atoms with van der Waals surface area (Å²) < 4.78 is 27.6. The Kier molecular flexibility index (Phi) is 7.82. The van der Waals surface area contributed by atoms with Gasteiger partial charge in [0.2, 0.25) is 10.0 Å². The number of sulfonamides is 1. The van der Waals surface area contributed by atoms with Crippen LogP contribution in [0.4, 0.5) is 0 Å². The van der Waals surface area contributed by atoms with Gasteiger partial charge in [-0.25, -0.2) is 8.42 Å². The average Bonchev–Trinajstić information content (AvgIpc) is 2.64. The van der Waals surface area contributed by atoms with E-state index in [0.29, 0.717) is 37.0 Å². The lowest BCUT2D eigenvalue weighted by Gasteiger charge is -2.34. The highest BCUT2D eigenvalue weighted by Gasteiger charge is 2.31. The maximum absolute atomic E-state index is 13.0. The van der Waals surface area contributed by atoms with Gasteiger partial charge in [0.1, 0.15) is 0 Å². The van der Waals surface area contributed by atoms with E-state index in [-0.39, 0.29) is 10.8 Å². The van der Waals surface area contributed by atoms with Gasteiger partial charge in [0.25, 0.3) is 5.91 Å². The van der Waals surface area contributed by atoms with Gasteiger partial charge in [0.15, 0.2) is 0 Å². The predicted molar refractivity (Wildman–Crippen MR) is 108 cm³/mol. The Labute approximate surface area is 164 Å². The van der Waals surface area contributed by atoms with E-state index < -0.39 is 10.0 Å². The summed E-state index contributed by atoms with van der Waals surface area (Å²) >= 11 is 0. The minimum atomic E-state index is -3.58. The molecular weight excluding hydrogens is 362 g/mol. The smallest absolute Gasteiger partial charge is 0.251 e. The molecule has 2 atom stereocenters. The molecule has 1 saturated heterocycles. The molecule has 6 nitrogen and oxygen atoms in total. The van der Waals surface area contributed by atoms with E-state index in [2.05, 4.69) is 37.9 Å². The monoisotopic (exact) mass is 395 g/mol. The van der Waals surface area contributed by atoms with Gasteiger partial charge in [-0.05, 0) is 49.5 Å². The first-order chi connectivity index (χ1) is 12.8. The quantitative estimate of drug-likeness (QED) is 0.734. The van der Waals surface area contributed by atoms with Gasteiger partial charge in [-0.15, -0.1) is 0 Å².